The van der Waals surface area contributed by atoms with Crippen molar-refractivity contribution in [3.63, 3.8) is 0 Å². The molecule has 0 unspecified atom stereocenters. The average Bonchev–Trinajstić information content (AvgIpc) is 3.09. The summed E-state index contributed by atoms with van der Waals surface area (Å²) in [4.78, 5) is 18.0. The second-order valence-corrected chi connectivity index (χ2v) is 8.12. The van der Waals surface area contributed by atoms with Gasteiger partial charge in [0.15, 0.2) is 0 Å². The van der Waals surface area contributed by atoms with Gasteiger partial charge in [-0.25, -0.2) is 0 Å². The Kier molecular flexibility index (Phi) is 5.22. The van der Waals surface area contributed by atoms with Gasteiger partial charge in [-0.1, -0.05) is 48.0 Å². The predicted octanol–water partition coefficient (Wildman–Crippen LogP) is 2.74. The van der Waals surface area contributed by atoms with Gasteiger partial charge in [-0.2, -0.15) is 0 Å². The zero-order chi connectivity index (χ0) is 18.9. The van der Waals surface area contributed by atoms with Crippen molar-refractivity contribution in [2.45, 2.75) is 24.9 Å². The molecule has 1 aliphatic carbocycles. The minimum absolute atomic E-state index is 0.209. The Morgan fingerprint density at radius 2 is 1.78 bits per heavy atom. The number of amides is 1. The molecule has 0 aromatic heterocycles. The molecule has 4 rings (SSSR count). The van der Waals surface area contributed by atoms with Crippen molar-refractivity contribution in [3.8, 4) is 0 Å². The summed E-state index contributed by atoms with van der Waals surface area (Å²) < 4.78 is 0. The zero-order valence-corrected chi connectivity index (χ0v) is 16.5. The molecule has 1 saturated heterocycles. The summed E-state index contributed by atoms with van der Waals surface area (Å²) in [5.74, 6) is 0.209. The number of carbonyl (C=O) groups excluding carboxylic acids is 1. The van der Waals surface area contributed by atoms with Crippen LogP contribution in [0.4, 0.5) is 0 Å². The molecule has 1 amide bonds. The molecule has 0 saturated carbocycles. The highest BCUT2D eigenvalue weighted by Gasteiger charge is 2.49. The maximum Gasteiger partial charge on any atom is 0.243 e. The van der Waals surface area contributed by atoms with Gasteiger partial charge in [-0.05, 0) is 28.8 Å². The van der Waals surface area contributed by atoms with E-state index in [1.807, 2.05) is 36.2 Å². The summed E-state index contributed by atoms with van der Waals surface area (Å²) in [7, 11) is 1.91. The highest BCUT2D eigenvalue weighted by molar-refractivity contribution is 6.30. The van der Waals surface area contributed by atoms with Crippen LogP contribution in [0.2, 0.25) is 5.02 Å². The highest BCUT2D eigenvalue weighted by Crippen LogP contribution is 2.36. The van der Waals surface area contributed by atoms with Crippen molar-refractivity contribution in [3.05, 3.63) is 70.2 Å². The van der Waals surface area contributed by atoms with E-state index in [4.69, 9.17) is 11.6 Å². The third kappa shape index (κ3) is 3.62. The number of benzene rings is 2. The lowest BCUT2D eigenvalue weighted by atomic mass is 9.90. The number of hydrogen-bond donors (Lipinski definition) is 1. The van der Waals surface area contributed by atoms with Crippen LogP contribution < -0.4 is 5.32 Å². The van der Waals surface area contributed by atoms with Crippen molar-refractivity contribution in [1.82, 2.24) is 15.1 Å². The second kappa shape index (κ2) is 7.63. The SMILES string of the molecule is CN(Cc1cccc(Cl)c1)C(=O)C1(N2CCNCC2)Cc2ccccc2C1. The van der Waals surface area contributed by atoms with E-state index in [9.17, 15) is 4.79 Å². The molecule has 0 spiro atoms. The molecular formula is C22H26ClN3O. The maximum atomic E-state index is 13.8. The van der Waals surface area contributed by atoms with Crippen LogP contribution in [0, 0.1) is 0 Å². The van der Waals surface area contributed by atoms with Crippen LogP contribution in [0.15, 0.2) is 48.5 Å². The van der Waals surface area contributed by atoms with Crippen LogP contribution in [-0.2, 0) is 24.2 Å². The molecule has 2 aromatic carbocycles. The topological polar surface area (TPSA) is 35.6 Å². The number of piperazine rings is 1. The van der Waals surface area contributed by atoms with Crippen LogP contribution in [0.25, 0.3) is 0 Å². The number of carbonyl (C=O) groups is 1. The lowest BCUT2D eigenvalue weighted by Crippen LogP contribution is -2.63. The summed E-state index contributed by atoms with van der Waals surface area (Å²) in [5, 5.41) is 4.12. The number of fused-ring (bicyclic) bond motifs is 1. The molecule has 142 valence electrons. The largest absolute Gasteiger partial charge is 0.340 e. The third-order valence-corrected chi connectivity index (χ3v) is 6.10. The number of nitrogens with zero attached hydrogens (tertiary/aromatic N) is 2. The second-order valence-electron chi connectivity index (χ2n) is 7.68. The normalized spacial score (nSPS) is 18.9. The Balaban J connectivity index is 1.61. The standard InChI is InChI=1S/C22H26ClN3O/c1-25(16-17-5-4-8-20(23)13-17)21(27)22(26-11-9-24-10-12-26)14-18-6-2-3-7-19(18)15-22/h2-8,13,24H,9-12,14-16H2,1H3. The molecule has 1 fully saturated rings. The minimum atomic E-state index is -0.473. The smallest absolute Gasteiger partial charge is 0.243 e. The highest BCUT2D eigenvalue weighted by atomic mass is 35.5. The molecule has 1 N–H and O–H groups in total. The van der Waals surface area contributed by atoms with E-state index in [1.54, 1.807) is 0 Å². The fourth-order valence-corrected chi connectivity index (χ4v) is 4.75. The summed E-state index contributed by atoms with van der Waals surface area (Å²) in [6.07, 6.45) is 1.59. The van der Waals surface area contributed by atoms with Gasteiger partial charge in [-0.3, -0.25) is 9.69 Å². The fraction of sp³-hybridized carbons (Fsp3) is 0.409. The van der Waals surface area contributed by atoms with E-state index in [0.29, 0.717) is 11.6 Å². The van der Waals surface area contributed by atoms with Crippen molar-refractivity contribution in [2.24, 2.45) is 0 Å². The van der Waals surface area contributed by atoms with Crippen LogP contribution in [-0.4, -0.2) is 54.5 Å². The first-order chi connectivity index (χ1) is 13.1. The van der Waals surface area contributed by atoms with Gasteiger partial charge in [-0.15, -0.1) is 0 Å². The van der Waals surface area contributed by atoms with Crippen LogP contribution >= 0.6 is 11.6 Å². The van der Waals surface area contributed by atoms with E-state index in [0.717, 1.165) is 44.6 Å². The number of rotatable bonds is 4. The summed E-state index contributed by atoms with van der Waals surface area (Å²) in [6, 6.07) is 16.3. The van der Waals surface area contributed by atoms with Crippen molar-refractivity contribution < 1.29 is 4.79 Å². The third-order valence-electron chi connectivity index (χ3n) is 5.86. The molecule has 0 bridgehead atoms. The summed E-state index contributed by atoms with van der Waals surface area (Å²) >= 11 is 6.13. The molecule has 4 nitrogen and oxygen atoms in total. The van der Waals surface area contributed by atoms with Crippen molar-refractivity contribution in [1.29, 1.82) is 0 Å². The lowest BCUT2D eigenvalue weighted by molar-refractivity contribution is -0.144. The molecule has 1 aliphatic heterocycles. The first-order valence-corrected chi connectivity index (χ1v) is 9.99. The number of hydrogen-bond acceptors (Lipinski definition) is 3. The van der Waals surface area contributed by atoms with Crippen LogP contribution in [0.3, 0.4) is 0 Å². The molecule has 5 heteroatoms. The van der Waals surface area contributed by atoms with E-state index >= 15 is 0 Å². The number of nitrogens with one attached hydrogen (secondary N) is 1. The fourth-order valence-electron chi connectivity index (χ4n) is 4.53. The molecule has 2 aromatic rings. The maximum absolute atomic E-state index is 13.8. The van der Waals surface area contributed by atoms with Gasteiger partial charge >= 0.3 is 0 Å². The van der Waals surface area contributed by atoms with Crippen LogP contribution in [0.5, 0.6) is 0 Å². The predicted molar refractivity (Wildman–Crippen MR) is 109 cm³/mol. The molecule has 1 heterocycles. The van der Waals surface area contributed by atoms with E-state index in [-0.39, 0.29) is 5.91 Å². The van der Waals surface area contributed by atoms with Gasteiger partial charge < -0.3 is 10.2 Å². The first kappa shape index (κ1) is 18.5. The molecular weight excluding hydrogens is 358 g/mol. The Morgan fingerprint density at radius 1 is 1.11 bits per heavy atom. The molecule has 0 atom stereocenters. The monoisotopic (exact) mass is 383 g/mol. The molecule has 27 heavy (non-hydrogen) atoms. The van der Waals surface area contributed by atoms with Crippen molar-refractivity contribution >= 4 is 17.5 Å². The van der Waals surface area contributed by atoms with Gasteiger partial charge in [0, 0.05) is 57.6 Å². The number of likely N-dealkylation sites (N-methyl/N-ethyl adjacent to an activating group) is 1. The van der Waals surface area contributed by atoms with Crippen LogP contribution in [0.1, 0.15) is 16.7 Å². The Hall–Kier alpha value is -1.88. The lowest BCUT2D eigenvalue weighted by Gasteiger charge is -2.44. The Morgan fingerprint density at radius 3 is 2.41 bits per heavy atom. The summed E-state index contributed by atoms with van der Waals surface area (Å²) in [5.41, 5.74) is 3.20. The molecule has 0 radical (unpaired) electrons. The first-order valence-electron chi connectivity index (χ1n) is 9.61. The van der Waals surface area contributed by atoms with E-state index in [2.05, 4.69) is 34.5 Å². The zero-order valence-electron chi connectivity index (χ0n) is 15.7. The van der Waals surface area contributed by atoms with Gasteiger partial charge in [0.2, 0.25) is 5.91 Å². The van der Waals surface area contributed by atoms with Gasteiger partial charge in [0.05, 0.1) is 0 Å². The molecule has 2 aliphatic rings. The van der Waals surface area contributed by atoms with Crippen molar-refractivity contribution in [2.75, 3.05) is 33.2 Å². The van der Waals surface area contributed by atoms with Gasteiger partial charge in [0.1, 0.15) is 5.54 Å². The van der Waals surface area contributed by atoms with Gasteiger partial charge in [0.25, 0.3) is 0 Å². The Bertz CT molecular complexity index is 807. The number of halogens is 1. The quantitative estimate of drug-likeness (QED) is 0.881. The summed E-state index contributed by atoms with van der Waals surface area (Å²) in [6.45, 7) is 4.26. The van der Waals surface area contributed by atoms with E-state index < -0.39 is 5.54 Å². The minimum Gasteiger partial charge on any atom is -0.340 e. The van der Waals surface area contributed by atoms with E-state index in [1.165, 1.54) is 11.1 Å². The average molecular weight is 384 g/mol. The Labute approximate surface area is 166 Å².